The molecule has 0 aliphatic carbocycles. The number of esters is 1. The highest BCUT2D eigenvalue weighted by Crippen LogP contribution is 2.19. The third-order valence-electron chi connectivity index (χ3n) is 3.09. The maximum absolute atomic E-state index is 14.1. The third-order valence-corrected chi connectivity index (χ3v) is 3.09. The summed E-state index contributed by atoms with van der Waals surface area (Å²) in [5, 5.41) is 11.4. The molecule has 0 radical (unpaired) electrons. The number of carbonyl (C=O) groups is 2. The third kappa shape index (κ3) is 5.52. The summed E-state index contributed by atoms with van der Waals surface area (Å²) in [5.74, 6) is -1.38. The molecule has 2 N–H and O–H groups in total. The molecule has 23 heavy (non-hydrogen) atoms. The summed E-state index contributed by atoms with van der Waals surface area (Å²) in [4.78, 5) is 25.0. The molecule has 0 saturated carbocycles. The van der Waals surface area contributed by atoms with E-state index in [-0.39, 0.29) is 17.9 Å². The highest BCUT2D eigenvalue weighted by atomic mass is 19.1. The van der Waals surface area contributed by atoms with Gasteiger partial charge in [0.1, 0.15) is 11.4 Å². The summed E-state index contributed by atoms with van der Waals surface area (Å²) in [7, 11) is 1.49. The van der Waals surface area contributed by atoms with Crippen LogP contribution in [0.4, 0.5) is 14.9 Å². The quantitative estimate of drug-likeness (QED) is 0.834. The molecular weight excluding hydrogens is 303 g/mol. The number of aliphatic hydroxyl groups excluding tert-OH is 1. The van der Waals surface area contributed by atoms with Gasteiger partial charge >= 0.3 is 12.0 Å². The minimum Gasteiger partial charge on any atom is -0.456 e. The summed E-state index contributed by atoms with van der Waals surface area (Å²) in [6.45, 7) is 6.60. The molecule has 6 nitrogen and oxygen atoms in total. The highest BCUT2D eigenvalue weighted by molar-refractivity contribution is 5.92. The zero-order valence-corrected chi connectivity index (χ0v) is 14.0. The number of hydrogen-bond donors (Lipinski definition) is 2. The van der Waals surface area contributed by atoms with E-state index in [1.54, 1.807) is 27.7 Å². The van der Waals surface area contributed by atoms with E-state index in [9.17, 15) is 14.0 Å². The zero-order chi connectivity index (χ0) is 17.8. The number of nitrogens with one attached hydrogen (secondary N) is 1. The lowest BCUT2D eigenvalue weighted by Gasteiger charge is -2.23. The van der Waals surface area contributed by atoms with Crippen molar-refractivity contribution in [3.05, 3.63) is 29.6 Å². The van der Waals surface area contributed by atoms with E-state index >= 15 is 0 Å². The van der Waals surface area contributed by atoms with Gasteiger partial charge in [-0.05, 0) is 45.9 Å². The number of nitrogens with zero attached hydrogens (tertiary/aromatic N) is 1. The minimum absolute atomic E-state index is 0.0562. The van der Waals surface area contributed by atoms with Crippen LogP contribution in [0.1, 0.15) is 38.1 Å². The summed E-state index contributed by atoms with van der Waals surface area (Å²) >= 11 is 0. The SMILES string of the molecule is C[C@H](CO)N(C)C(=O)Nc1ccc(C(=O)OC(C)(C)C)cc1F. The number of anilines is 1. The van der Waals surface area contributed by atoms with E-state index < -0.39 is 29.5 Å². The van der Waals surface area contributed by atoms with Crippen molar-refractivity contribution in [2.75, 3.05) is 19.0 Å². The van der Waals surface area contributed by atoms with Gasteiger partial charge in [0.25, 0.3) is 0 Å². The van der Waals surface area contributed by atoms with Crippen LogP contribution in [0.15, 0.2) is 18.2 Å². The number of amides is 2. The molecule has 1 aromatic carbocycles. The number of halogens is 1. The number of likely N-dealkylation sites (N-methyl/N-ethyl adjacent to an activating group) is 1. The fourth-order valence-electron chi connectivity index (χ4n) is 1.61. The van der Waals surface area contributed by atoms with Crippen molar-refractivity contribution in [3.8, 4) is 0 Å². The molecule has 128 valence electrons. The predicted molar refractivity (Wildman–Crippen MR) is 84.9 cm³/mol. The Kier molecular flexibility index (Phi) is 6.09. The molecule has 0 fully saturated rings. The number of aliphatic hydroxyl groups is 1. The second kappa shape index (κ2) is 7.41. The lowest BCUT2D eigenvalue weighted by Crippen LogP contribution is -2.40. The van der Waals surface area contributed by atoms with Crippen LogP contribution in [0.3, 0.4) is 0 Å². The first-order valence-corrected chi connectivity index (χ1v) is 7.22. The van der Waals surface area contributed by atoms with Crippen molar-refractivity contribution in [1.29, 1.82) is 0 Å². The Balaban J connectivity index is 2.85. The second-order valence-electron chi connectivity index (χ2n) is 6.27. The molecule has 0 bridgehead atoms. The molecule has 0 unspecified atom stereocenters. The van der Waals surface area contributed by atoms with Gasteiger partial charge in [0.15, 0.2) is 0 Å². The van der Waals surface area contributed by atoms with E-state index in [2.05, 4.69) is 5.32 Å². The molecule has 0 aliphatic heterocycles. The topological polar surface area (TPSA) is 78.9 Å². The zero-order valence-electron chi connectivity index (χ0n) is 14.0. The lowest BCUT2D eigenvalue weighted by molar-refractivity contribution is 0.00690. The Labute approximate surface area is 135 Å². The lowest BCUT2D eigenvalue weighted by atomic mass is 10.1. The monoisotopic (exact) mass is 326 g/mol. The number of rotatable bonds is 4. The number of benzene rings is 1. The Morgan fingerprint density at radius 2 is 2.00 bits per heavy atom. The van der Waals surface area contributed by atoms with Crippen LogP contribution in [-0.2, 0) is 4.74 Å². The van der Waals surface area contributed by atoms with Crippen molar-refractivity contribution in [2.24, 2.45) is 0 Å². The number of hydrogen-bond acceptors (Lipinski definition) is 4. The predicted octanol–water partition coefficient (Wildman–Crippen LogP) is 2.63. The number of carbonyl (C=O) groups excluding carboxylic acids is 2. The second-order valence-corrected chi connectivity index (χ2v) is 6.27. The number of urea groups is 1. The minimum atomic E-state index is -0.744. The molecule has 7 heteroatoms. The van der Waals surface area contributed by atoms with Crippen LogP contribution in [0, 0.1) is 5.82 Å². The van der Waals surface area contributed by atoms with Gasteiger partial charge in [-0.3, -0.25) is 0 Å². The first-order valence-electron chi connectivity index (χ1n) is 7.22. The fourth-order valence-corrected chi connectivity index (χ4v) is 1.61. The maximum atomic E-state index is 14.1. The van der Waals surface area contributed by atoms with Crippen molar-refractivity contribution in [2.45, 2.75) is 39.3 Å². The van der Waals surface area contributed by atoms with E-state index in [0.717, 1.165) is 6.07 Å². The molecule has 1 aromatic rings. The van der Waals surface area contributed by atoms with Gasteiger partial charge in [0.2, 0.25) is 0 Å². The Morgan fingerprint density at radius 1 is 1.39 bits per heavy atom. The van der Waals surface area contributed by atoms with Gasteiger partial charge in [0.05, 0.1) is 23.9 Å². The van der Waals surface area contributed by atoms with E-state index in [1.807, 2.05) is 0 Å². The Morgan fingerprint density at radius 3 is 2.48 bits per heavy atom. The van der Waals surface area contributed by atoms with Crippen molar-refractivity contribution >= 4 is 17.7 Å². The van der Waals surface area contributed by atoms with E-state index in [1.165, 1.54) is 24.1 Å². The van der Waals surface area contributed by atoms with Crippen molar-refractivity contribution < 1.29 is 23.8 Å². The molecule has 0 saturated heterocycles. The standard InChI is InChI=1S/C16H23FN2O4/c1-10(9-20)19(5)15(22)18-13-7-6-11(8-12(13)17)14(21)23-16(2,3)4/h6-8,10,20H,9H2,1-5H3,(H,18,22)/t10-/m1/s1. The summed E-state index contributed by atoms with van der Waals surface area (Å²) in [5.41, 5.74) is -0.671. The fraction of sp³-hybridized carbons (Fsp3) is 0.500. The average molecular weight is 326 g/mol. The van der Waals surface area contributed by atoms with E-state index in [4.69, 9.17) is 9.84 Å². The molecule has 0 aromatic heterocycles. The summed E-state index contributed by atoms with van der Waals surface area (Å²) < 4.78 is 19.2. The maximum Gasteiger partial charge on any atom is 0.338 e. The van der Waals surface area contributed by atoms with Crippen molar-refractivity contribution in [3.63, 3.8) is 0 Å². The van der Waals surface area contributed by atoms with Gasteiger partial charge < -0.3 is 20.1 Å². The summed E-state index contributed by atoms with van der Waals surface area (Å²) in [6, 6.07) is 2.72. The van der Waals surface area contributed by atoms with Gasteiger partial charge in [0, 0.05) is 7.05 Å². The normalized spacial score (nSPS) is 12.5. The van der Waals surface area contributed by atoms with Gasteiger partial charge in [-0.1, -0.05) is 0 Å². The first-order chi connectivity index (χ1) is 10.5. The van der Waals surface area contributed by atoms with Gasteiger partial charge in [-0.15, -0.1) is 0 Å². The smallest absolute Gasteiger partial charge is 0.338 e. The molecule has 0 heterocycles. The summed E-state index contributed by atoms with van der Waals surface area (Å²) in [6.07, 6.45) is 0. The average Bonchev–Trinajstić information content (AvgIpc) is 2.45. The number of ether oxygens (including phenoxy) is 1. The van der Waals surface area contributed by atoms with Crippen LogP contribution in [0.2, 0.25) is 0 Å². The van der Waals surface area contributed by atoms with E-state index in [0.29, 0.717) is 0 Å². The van der Waals surface area contributed by atoms with Crippen LogP contribution in [0.5, 0.6) is 0 Å². The molecule has 2 amide bonds. The van der Waals surface area contributed by atoms with Crippen LogP contribution in [0.25, 0.3) is 0 Å². The van der Waals surface area contributed by atoms with Crippen molar-refractivity contribution in [1.82, 2.24) is 4.90 Å². The van der Waals surface area contributed by atoms with Gasteiger partial charge in [-0.25, -0.2) is 14.0 Å². The van der Waals surface area contributed by atoms with Gasteiger partial charge in [-0.2, -0.15) is 0 Å². The molecule has 1 atom stereocenters. The van der Waals surface area contributed by atoms with Crippen LogP contribution in [-0.4, -0.2) is 47.3 Å². The Hall–Kier alpha value is -2.15. The Bertz CT molecular complexity index is 584. The van der Waals surface area contributed by atoms with Crippen LogP contribution < -0.4 is 5.32 Å². The molecule has 0 spiro atoms. The highest BCUT2D eigenvalue weighted by Gasteiger charge is 2.20. The molecule has 0 aliphatic rings. The largest absolute Gasteiger partial charge is 0.456 e. The first kappa shape index (κ1) is 18.9. The molecular formula is C16H23FN2O4. The van der Waals surface area contributed by atoms with Crippen LogP contribution >= 0.6 is 0 Å². The molecule has 1 rings (SSSR count).